The SMILES string of the molecule is Cc1ccc(C(=O)NC2CCSCC2)c(C#CCCO)c1. The van der Waals surface area contributed by atoms with Crippen LogP contribution in [0.25, 0.3) is 0 Å². The average molecular weight is 303 g/mol. The standard InChI is InChI=1S/C17H21NO2S/c1-13-5-6-16(14(12-13)4-2-3-9-19)17(20)18-15-7-10-21-11-8-15/h5-6,12,15,19H,3,7-11H2,1H3,(H,18,20). The van der Waals surface area contributed by atoms with Gasteiger partial charge in [0.2, 0.25) is 0 Å². The zero-order chi connectivity index (χ0) is 15.1. The van der Waals surface area contributed by atoms with Gasteiger partial charge in [-0.1, -0.05) is 17.9 Å². The molecule has 0 aliphatic carbocycles. The van der Waals surface area contributed by atoms with Crippen molar-refractivity contribution in [2.75, 3.05) is 18.1 Å². The van der Waals surface area contributed by atoms with Gasteiger partial charge in [0, 0.05) is 18.0 Å². The molecule has 1 aliphatic rings. The summed E-state index contributed by atoms with van der Waals surface area (Å²) in [6.07, 6.45) is 2.50. The molecule has 3 nitrogen and oxygen atoms in total. The first-order chi connectivity index (χ1) is 10.2. The molecule has 0 spiro atoms. The molecule has 2 rings (SSSR count). The van der Waals surface area contributed by atoms with Crippen molar-refractivity contribution in [3.63, 3.8) is 0 Å². The largest absolute Gasteiger partial charge is 0.395 e. The predicted octanol–water partition coefficient (Wildman–Crippen LogP) is 2.35. The van der Waals surface area contributed by atoms with Gasteiger partial charge in [0.25, 0.3) is 5.91 Å². The average Bonchev–Trinajstić information content (AvgIpc) is 2.48. The summed E-state index contributed by atoms with van der Waals surface area (Å²) >= 11 is 1.94. The lowest BCUT2D eigenvalue weighted by Gasteiger charge is -2.22. The van der Waals surface area contributed by atoms with Crippen LogP contribution in [0, 0.1) is 18.8 Å². The number of aliphatic hydroxyl groups is 1. The molecule has 1 aliphatic heterocycles. The minimum absolute atomic E-state index is 0.0415. The molecule has 1 aromatic rings. The Balaban J connectivity index is 2.13. The maximum Gasteiger partial charge on any atom is 0.252 e. The number of hydrogen-bond acceptors (Lipinski definition) is 3. The molecule has 21 heavy (non-hydrogen) atoms. The molecule has 0 saturated carbocycles. The third-order valence-corrected chi connectivity index (χ3v) is 4.48. The van der Waals surface area contributed by atoms with Gasteiger partial charge in [-0.15, -0.1) is 0 Å². The van der Waals surface area contributed by atoms with Gasteiger partial charge >= 0.3 is 0 Å². The summed E-state index contributed by atoms with van der Waals surface area (Å²) < 4.78 is 0. The van der Waals surface area contributed by atoms with Crippen molar-refractivity contribution in [3.8, 4) is 11.8 Å². The zero-order valence-electron chi connectivity index (χ0n) is 12.3. The van der Waals surface area contributed by atoms with Crippen molar-refractivity contribution >= 4 is 17.7 Å². The molecule has 4 heteroatoms. The van der Waals surface area contributed by atoms with E-state index < -0.39 is 0 Å². The normalized spacial score (nSPS) is 15.1. The van der Waals surface area contributed by atoms with Crippen LogP contribution in [0.5, 0.6) is 0 Å². The van der Waals surface area contributed by atoms with Gasteiger partial charge < -0.3 is 10.4 Å². The van der Waals surface area contributed by atoms with Crippen LogP contribution in [0.4, 0.5) is 0 Å². The first-order valence-corrected chi connectivity index (χ1v) is 8.45. The Labute approximate surface area is 130 Å². The molecule has 112 valence electrons. The van der Waals surface area contributed by atoms with Crippen molar-refractivity contribution in [1.29, 1.82) is 0 Å². The van der Waals surface area contributed by atoms with E-state index in [0.29, 0.717) is 12.0 Å². The summed E-state index contributed by atoms with van der Waals surface area (Å²) in [5.74, 6) is 8.08. The molecule has 1 saturated heterocycles. The second-order valence-corrected chi connectivity index (χ2v) is 6.41. The Kier molecular flexibility index (Phi) is 6.16. The quantitative estimate of drug-likeness (QED) is 0.843. The number of carbonyl (C=O) groups excluding carboxylic acids is 1. The molecule has 2 N–H and O–H groups in total. The third kappa shape index (κ3) is 4.80. The number of benzene rings is 1. The highest BCUT2D eigenvalue weighted by Gasteiger charge is 2.18. The van der Waals surface area contributed by atoms with E-state index >= 15 is 0 Å². The third-order valence-electron chi connectivity index (χ3n) is 3.44. The van der Waals surface area contributed by atoms with E-state index in [2.05, 4.69) is 17.2 Å². The molecule has 0 atom stereocenters. The van der Waals surface area contributed by atoms with Gasteiger partial charge in [-0.25, -0.2) is 0 Å². The van der Waals surface area contributed by atoms with Gasteiger partial charge in [0.05, 0.1) is 12.2 Å². The maximum absolute atomic E-state index is 12.4. The van der Waals surface area contributed by atoms with E-state index in [4.69, 9.17) is 5.11 Å². The molecule has 0 aromatic heterocycles. The van der Waals surface area contributed by atoms with Crippen molar-refractivity contribution in [2.24, 2.45) is 0 Å². The van der Waals surface area contributed by atoms with Crippen LogP contribution < -0.4 is 5.32 Å². The Hall–Kier alpha value is -1.44. The molecule has 0 bridgehead atoms. The number of hydrogen-bond donors (Lipinski definition) is 2. The van der Waals surface area contributed by atoms with Gasteiger partial charge in [0.15, 0.2) is 0 Å². The first-order valence-electron chi connectivity index (χ1n) is 7.29. The minimum atomic E-state index is -0.0415. The number of thioether (sulfide) groups is 1. The molecule has 1 heterocycles. The van der Waals surface area contributed by atoms with Crippen molar-refractivity contribution in [3.05, 3.63) is 34.9 Å². The lowest BCUT2D eigenvalue weighted by molar-refractivity contribution is 0.0934. The van der Waals surface area contributed by atoms with Crippen LogP contribution in [-0.2, 0) is 0 Å². The Morgan fingerprint density at radius 3 is 2.90 bits per heavy atom. The summed E-state index contributed by atoms with van der Waals surface area (Å²) in [5, 5.41) is 11.9. The lowest BCUT2D eigenvalue weighted by Crippen LogP contribution is -2.37. The Bertz CT molecular complexity index is 554. The molecule has 1 aromatic carbocycles. The number of rotatable bonds is 3. The van der Waals surface area contributed by atoms with Crippen LogP contribution in [0.3, 0.4) is 0 Å². The van der Waals surface area contributed by atoms with E-state index in [9.17, 15) is 4.79 Å². The van der Waals surface area contributed by atoms with E-state index in [1.54, 1.807) is 0 Å². The minimum Gasteiger partial charge on any atom is -0.395 e. The van der Waals surface area contributed by atoms with Crippen LogP contribution >= 0.6 is 11.8 Å². The van der Waals surface area contributed by atoms with Crippen LogP contribution in [0.2, 0.25) is 0 Å². The van der Waals surface area contributed by atoms with Gasteiger partial charge in [-0.3, -0.25) is 4.79 Å². The molecule has 0 radical (unpaired) electrons. The van der Waals surface area contributed by atoms with E-state index in [-0.39, 0.29) is 18.6 Å². The molecule has 1 fully saturated rings. The van der Waals surface area contributed by atoms with Crippen molar-refractivity contribution < 1.29 is 9.90 Å². The van der Waals surface area contributed by atoms with E-state index in [1.807, 2.05) is 36.9 Å². The Morgan fingerprint density at radius 2 is 2.19 bits per heavy atom. The van der Waals surface area contributed by atoms with Crippen LogP contribution in [-0.4, -0.2) is 35.2 Å². The molecule has 0 unspecified atom stereocenters. The van der Waals surface area contributed by atoms with Crippen LogP contribution in [0.15, 0.2) is 18.2 Å². The number of nitrogens with one attached hydrogen (secondary N) is 1. The highest BCUT2D eigenvalue weighted by Crippen LogP contribution is 2.18. The number of amides is 1. The number of carbonyl (C=O) groups is 1. The smallest absolute Gasteiger partial charge is 0.252 e. The summed E-state index contributed by atoms with van der Waals surface area (Å²) in [6, 6.07) is 5.97. The maximum atomic E-state index is 12.4. The topological polar surface area (TPSA) is 49.3 Å². The summed E-state index contributed by atoms with van der Waals surface area (Å²) in [7, 11) is 0. The van der Waals surface area contributed by atoms with Crippen molar-refractivity contribution in [1.82, 2.24) is 5.32 Å². The second-order valence-electron chi connectivity index (χ2n) is 5.18. The first kappa shape index (κ1) is 15.9. The Morgan fingerprint density at radius 1 is 1.43 bits per heavy atom. The van der Waals surface area contributed by atoms with Crippen LogP contribution in [0.1, 0.15) is 40.7 Å². The molecular formula is C17H21NO2S. The number of aliphatic hydroxyl groups excluding tert-OH is 1. The van der Waals surface area contributed by atoms with Gasteiger partial charge in [0.1, 0.15) is 0 Å². The summed E-state index contributed by atoms with van der Waals surface area (Å²) in [5.41, 5.74) is 2.45. The predicted molar refractivity (Wildman–Crippen MR) is 87.6 cm³/mol. The van der Waals surface area contributed by atoms with E-state index in [1.165, 1.54) is 0 Å². The fourth-order valence-electron chi connectivity index (χ4n) is 2.28. The van der Waals surface area contributed by atoms with Crippen molar-refractivity contribution in [2.45, 2.75) is 32.2 Å². The van der Waals surface area contributed by atoms with E-state index in [0.717, 1.165) is 35.5 Å². The lowest BCUT2D eigenvalue weighted by atomic mass is 10.0. The number of aryl methyl sites for hydroxylation is 1. The zero-order valence-corrected chi connectivity index (χ0v) is 13.1. The summed E-state index contributed by atoms with van der Waals surface area (Å²) in [6.45, 7) is 2.03. The van der Waals surface area contributed by atoms with Gasteiger partial charge in [-0.2, -0.15) is 11.8 Å². The van der Waals surface area contributed by atoms with Gasteiger partial charge in [-0.05, 0) is 49.0 Å². The molecule has 1 amide bonds. The fraction of sp³-hybridized carbons (Fsp3) is 0.471. The highest BCUT2D eigenvalue weighted by molar-refractivity contribution is 7.99. The molecular weight excluding hydrogens is 282 g/mol. The summed E-state index contributed by atoms with van der Waals surface area (Å²) in [4.78, 5) is 12.4. The fourth-order valence-corrected chi connectivity index (χ4v) is 3.38. The second kappa shape index (κ2) is 8.11. The monoisotopic (exact) mass is 303 g/mol. The highest BCUT2D eigenvalue weighted by atomic mass is 32.2.